The molecule has 3 rings (SSSR count). The van der Waals surface area contributed by atoms with Crippen LogP contribution in [-0.2, 0) is 4.74 Å². The number of likely N-dealkylation sites (tertiary alicyclic amines) is 1. The maximum atomic E-state index is 11.1. The molecule has 1 amide bonds. The summed E-state index contributed by atoms with van der Waals surface area (Å²) in [4.78, 5) is 12.6. The minimum atomic E-state index is -0.820. The third kappa shape index (κ3) is 3.35. The van der Waals surface area contributed by atoms with E-state index in [-0.39, 0.29) is 17.5 Å². The number of benzene rings is 1. The Morgan fingerprint density at radius 2 is 2.04 bits per heavy atom. The summed E-state index contributed by atoms with van der Waals surface area (Å²) in [5, 5.41) is 12.8. The molecular formula is C18H26N2O4. The molecule has 0 aliphatic carbocycles. The second kappa shape index (κ2) is 6.99. The summed E-state index contributed by atoms with van der Waals surface area (Å²) in [7, 11) is 1.67. The number of carbonyl (C=O) groups is 1. The number of nitrogens with zero attached hydrogens (tertiary/aromatic N) is 1. The predicted molar refractivity (Wildman–Crippen MR) is 90.4 cm³/mol. The van der Waals surface area contributed by atoms with Crippen LogP contribution in [0.2, 0.25) is 0 Å². The number of nitrogens with one attached hydrogen (secondary N) is 1. The molecule has 2 aliphatic heterocycles. The van der Waals surface area contributed by atoms with E-state index >= 15 is 0 Å². The van der Waals surface area contributed by atoms with Gasteiger partial charge < -0.3 is 24.8 Å². The van der Waals surface area contributed by atoms with Crippen molar-refractivity contribution in [3.05, 3.63) is 29.8 Å². The van der Waals surface area contributed by atoms with Crippen LogP contribution in [-0.4, -0.2) is 55.6 Å². The van der Waals surface area contributed by atoms with Gasteiger partial charge in [-0.3, -0.25) is 0 Å². The first kappa shape index (κ1) is 17.0. The SMILES string of the molecule is COc1ccc([C@@H](C)NC2COCC23CCN(C(=O)O)CC3)cc1. The van der Waals surface area contributed by atoms with Gasteiger partial charge in [-0.05, 0) is 37.5 Å². The average Bonchev–Trinajstić information content (AvgIpc) is 2.97. The second-order valence-electron chi connectivity index (χ2n) is 6.86. The van der Waals surface area contributed by atoms with E-state index in [0.717, 1.165) is 18.6 Å². The fourth-order valence-electron chi connectivity index (χ4n) is 3.81. The van der Waals surface area contributed by atoms with Gasteiger partial charge in [-0.25, -0.2) is 4.79 Å². The Hall–Kier alpha value is -1.79. The molecular weight excluding hydrogens is 308 g/mol. The molecule has 0 radical (unpaired) electrons. The lowest BCUT2D eigenvalue weighted by Gasteiger charge is -2.42. The first-order chi connectivity index (χ1) is 11.5. The number of rotatable bonds is 4. The molecule has 2 saturated heterocycles. The van der Waals surface area contributed by atoms with Gasteiger partial charge in [0.25, 0.3) is 0 Å². The van der Waals surface area contributed by atoms with Crippen LogP contribution >= 0.6 is 0 Å². The normalized spacial score (nSPS) is 24.1. The Bertz CT molecular complexity index is 567. The molecule has 1 spiro atoms. The predicted octanol–water partition coefficient (Wildman–Crippen LogP) is 2.50. The molecule has 1 aromatic rings. The lowest BCUT2D eigenvalue weighted by atomic mass is 9.74. The molecule has 2 N–H and O–H groups in total. The average molecular weight is 334 g/mol. The summed E-state index contributed by atoms with van der Waals surface area (Å²) in [5.74, 6) is 0.854. The van der Waals surface area contributed by atoms with Gasteiger partial charge in [0.2, 0.25) is 0 Å². The van der Waals surface area contributed by atoms with Gasteiger partial charge in [0, 0.05) is 30.6 Å². The Morgan fingerprint density at radius 3 is 2.62 bits per heavy atom. The lowest BCUT2D eigenvalue weighted by Crippen LogP contribution is -2.52. The summed E-state index contributed by atoms with van der Waals surface area (Å²) in [6.45, 7) is 4.74. The maximum absolute atomic E-state index is 11.1. The van der Waals surface area contributed by atoms with E-state index in [2.05, 4.69) is 24.4 Å². The number of carboxylic acid groups (broad SMARTS) is 1. The minimum Gasteiger partial charge on any atom is -0.497 e. The first-order valence-electron chi connectivity index (χ1n) is 8.50. The van der Waals surface area contributed by atoms with Crippen LogP contribution in [0.1, 0.15) is 31.4 Å². The summed E-state index contributed by atoms with van der Waals surface area (Å²) in [6, 6.07) is 8.56. The van der Waals surface area contributed by atoms with Gasteiger partial charge in [0.1, 0.15) is 5.75 Å². The van der Waals surface area contributed by atoms with E-state index in [1.54, 1.807) is 7.11 Å². The molecule has 0 bridgehead atoms. The third-order valence-corrected chi connectivity index (χ3v) is 5.51. The van der Waals surface area contributed by atoms with Gasteiger partial charge in [-0.1, -0.05) is 12.1 Å². The zero-order valence-corrected chi connectivity index (χ0v) is 14.3. The standard InChI is InChI=1S/C18H26N2O4/c1-13(14-3-5-15(23-2)6-4-14)19-16-11-24-12-18(16)7-9-20(10-8-18)17(21)22/h3-6,13,16,19H,7-12H2,1-2H3,(H,21,22)/t13-,16?/m1/s1. The molecule has 1 aromatic carbocycles. The van der Waals surface area contributed by atoms with Crippen molar-refractivity contribution < 1.29 is 19.4 Å². The van der Waals surface area contributed by atoms with E-state index in [1.807, 2.05) is 12.1 Å². The molecule has 6 nitrogen and oxygen atoms in total. The summed E-state index contributed by atoms with van der Waals surface area (Å²) in [5.41, 5.74) is 1.26. The van der Waals surface area contributed by atoms with Crippen LogP contribution in [0.3, 0.4) is 0 Å². The van der Waals surface area contributed by atoms with E-state index in [9.17, 15) is 4.79 Å². The van der Waals surface area contributed by atoms with Crippen molar-refractivity contribution in [1.29, 1.82) is 0 Å². The maximum Gasteiger partial charge on any atom is 0.407 e. The fourth-order valence-corrected chi connectivity index (χ4v) is 3.81. The highest BCUT2D eigenvalue weighted by atomic mass is 16.5. The Morgan fingerprint density at radius 1 is 1.38 bits per heavy atom. The molecule has 0 aromatic heterocycles. The molecule has 1 unspecified atom stereocenters. The highest BCUT2D eigenvalue weighted by molar-refractivity contribution is 5.65. The third-order valence-electron chi connectivity index (χ3n) is 5.51. The van der Waals surface area contributed by atoms with Crippen molar-refractivity contribution in [3.63, 3.8) is 0 Å². The Kier molecular flexibility index (Phi) is 4.96. The van der Waals surface area contributed by atoms with Crippen molar-refractivity contribution in [3.8, 4) is 5.75 Å². The summed E-state index contributed by atoms with van der Waals surface area (Å²) >= 11 is 0. The number of methoxy groups -OCH3 is 1. The zero-order valence-electron chi connectivity index (χ0n) is 14.3. The van der Waals surface area contributed by atoms with Gasteiger partial charge in [0.05, 0.1) is 20.3 Å². The zero-order chi connectivity index (χ0) is 17.2. The lowest BCUT2D eigenvalue weighted by molar-refractivity contribution is 0.0658. The number of hydrogen-bond acceptors (Lipinski definition) is 4. The van der Waals surface area contributed by atoms with Crippen molar-refractivity contribution in [1.82, 2.24) is 10.2 Å². The largest absolute Gasteiger partial charge is 0.497 e. The topological polar surface area (TPSA) is 71.0 Å². The number of ether oxygens (including phenoxy) is 2. The molecule has 2 fully saturated rings. The fraction of sp³-hybridized carbons (Fsp3) is 0.611. The van der Waals surface area contributed by atoms with Crippen molar-refractivity contribution >= 4 is 6.09 Å². The molecule has 132 valence electrons. The Balaban J connectivity index is 1.64. The Labute approximate surface area is 142 Å². The smallest absolute Gasteiger partial charge is 0.407 e. The van der Waals surface area contributed by atoms with Gasteiger partial charge in [-0.15, -0.1) is 0 Å². The van der Waals surface area contributed by atoms with Crippen LogP contribution in [0.5, 0.6) is 5.75 Å². The number of amides is 1. The number of hydrogen-bond donors (Lipinski definition) is 2. The van der Waals surface area contributed by atoms with Crippen LogP contribution in [0.25, 0.3) is 0 Å². The van der Waals surface area contributed by atoms with Gasteiger partial charge >= 0.3 is 6.09 Å². The quantitative estimate of drug-likeness (QED) is 0.885. The van der Waals surface area contributed by atoms with E-state index in [0.29, 0.717) is 26.3 Å². The van der Waals surface area contributed by atoms with Crippen molar-refractivity contribution in [2.45, 2.75) is 31.8 Å². The van der Waals surface area contributed by atoms with Gasteiger partial charge in [0.15, 0.2) is 0 Å². The van der Waals surface area contributed by atoms with Crippen LogP contribution in [0.15, 0.2) is 24.3 Å². The summed E-state index contributed by atoms with van der Waals surface area (Å²) < 4.78 is 11.0. The number of piperidine rings is 1. The molecule has 6 heteroatoms. The van der Waals surface area contributed by atoms with E-state index in [4.69, 9.17) is 14.6 Å². The second-order valence-corrected chi connectivity index (χ2v) is 6.86. The van der Waals surface area contributed by atoms with E-state index < -0.39 is 6.09 Å². The first-order valence-corrected chi connectivity index (χ1v) is 8.50. The van der Waals surface area contributed by atoms with Gasteiger partial charge in [-0.2, -0.15) is 0 Å². The van der Waals surface area contributed by atoms with Crippen molar-refractivity contribution in [2.24, 2.45) is 5.41 Å². The molecule has 2 aliphatic rings. The van der Waals surface area contributed by atoms with E-state index in [1.165, 1.54) is 10.5 Å². The van der Waals surface area contributed by atoms with Crippen LogP contribution < -0.4 is 10.1 Å². The molecule has 0 saturated carbocycles. The van der Waals surface area contributed by atoms with Crippen molar-refractivity contribution in [2.75, 3.05) is 33.4 Å². The monoisotopic (exact) mass is 334 g/mol. The molecule has 2 heterocycles. The van der Waals surface area contributed by atoms with Crippen LogP contribution in [0, 0.1) is 5.41 Å². The molecule has 2 atom stereocenters. The van der Waals surface area contributed by atoms with Crippen LogP contribution in [0.4, 0.5) is 4.79 Å². The highest BCUT2D eigenvalue weighted by Gasteiger charge is 2.46. The highest BCUT2D eigenvalue weighted by Crippen LogP contribution is 2.40. The minimum absolute atomic E-state index is 0.0483. The molecule has 24 heavy (non-hydrogen) atoms. The summed E-state index contributed by atoms with van der Waals surface area (Å²) in [6.07, 6.45) is 0.887.